The van der Waals surface area contributed by atoms with E-state index in [1.807, 2.05) is 30.6 Å². The van der Waals surface area contributed by atoms with E-state index in [1.165, 1.54) is 4.90 Å². The fourth-order valence-electron chi connectivity index (χ4n) is 3.85. The summed E-state index contributed by atoms with van der Waals surface area (Å²) in [5.41, 5.74) is 0. The first-order valence-corrected chi connectivity index (χ1v) is 11.8. The first-order valence-electron chi connectivity index (χ1n) is 11.8. The average molecular weight is 470 g/mol. The van der Waals surface area contributed by atoms with Gasteiger partial charge in [0.15, 0.2) is 0 Å². The van der Waals surface area contributed by atoms with Gasteiger partial charge >= 0.3 is 5.97 Å². The van der Waals surface area contributed by atoms with Crippen molar-refractivity contribution in [2.75, 3.05) is 72.0 Å². The molecule has 2 aliphatic rings. The Balaban J connectivity index is 0.00000265. The summed E-state index contributed by atoms with van der Waals surface area (Å²) >= 11 is 0. The summed E-state index contributed by atoms with van der Waals surface area (Å²) < 4.78 is 0. The van der Waals surface area contributed by atoms with Gasteiger partial charge in [-0.3, -0.25) is 38.8 Å². The van der Waals surface area contributed by atoms with E-state index in [-0.39, 0.29) is 62.8 Å². The van der Waals surface area contributed by atoms with E-state index in [0.29, 0.717) is 45.7 Å². The summed E-state index contributed by atoms with van der Waals surface area (Å²) in [6.07, 6.45) is 1.68. The Hall–Kier alpha value is -2.37. The molecule has 0 saturated carbocycles. The summed E-state index contributed by atoms with van der Waals surface area (Å²) in [7, 11) is 0. The molecule has 0 aromatic heterocycles. The molecular formula is C22H39N5O6. The van der Waals surface area contributed by atoms with Crippen LogP contribution in [0.25, 0.3) is 0 Å². The molecule has 188 valence electrons. The highest BCUT2D eigenvalue weighted by molar-refractivity contribution is 6.03. The van der Waals surface area contributed by atoms with Gasteiger partial charge in [0.1, 0.15) is 6.29 Å². The Kier molecular flexibility index (Phi) is 13.4. The van der Waals surface area contributed by atoms with Crippen LogP contribution in [0.2, 0.25) is 0 Å². The normalized spacial score (nSPS) is 20.9. The number of carbonyl (C=O) groups is 5. The molecule has 0 aromatic carbocycles. The summed E-state index contributed by atoms with van der Waals surface area (Å²) in [6.45, 7) is 9.85. The predicted octanol–water partition coefficient (Wildman–Crippen LogP) is -0.883. The number of nitrogens with zero attached hydrogens (tertiary/aromatic N) is 4. The Labute approximate surface area is 196 Å². The monoisotopic (exact) mass is 469 g/mol. The zero-order valence-corrected chi connectivity index (χ0v) is 20.1. The minimum absolute atomic E-state index is 0.0917. The van der Waals surface area contributed by atoms with Crippen LogP contribution in [0.1, 0.15) is 33.6 Å². The van der Waals surface area contributed by atoms with Gasteiger partial charge in [-0.2, -0.15) is 0 Å². The molecule has 2 saturated heterocycles. The van der Waals surface area contributed by atoms with Crippen LogP contribution in [-0.2, 0) is 24.0 Å². The van der Waals surface area contributed by atoms with E-state index < -0.39 is 5.97 Å². The number of carboxylic acid groups (broad SMARTS) is 1. The van der Waals surface area contributed by atoms with Crippen LogP contribution in [0.3, 0.4) is 0 Å². The molecular weight excluding hydrogens is 430 g/mol. The molecule has 11 nitrogen and oxygen atoms in total. The van der Waals surface area contributed by atoms with Crippen LogP contribution < -0.4 is 5.32 Å². The second-order valence-corrected chi connectivity index (χ2v) is 7.96. The molecule has 11 heteroatoms. The highest BCUT2D eigenvalue weighted by Gasteiger charge is 2.36. The van der Waals surface area contributed by atoms with Crippen molar-refractivity contribution in [1.29, 1.82) is 0 Å². The second-order valence-electron chi connectivity index (χ2n) is 7.96. The second kappa shape index (κ2) is 15.5. The average Bonchev–Trinajstić information content (AvgIpc) is 3.10. The number of imide groups is 1. The van der Waals surface area contributed by atoms with Gasteiger partial charge in [0, 0.05) is 64.7 Å². The van der Waals surface area contributed by atoms with E-state index in [1.54, 1.807) is 4.90 Å². The number of hydrogen-bond donors (Lipinski definition) is 2. The van der Waals surface area contributed by atoms with Crippen molar-refractivity contribution in [3.05, 3.63) is 0 Å². The zero-order valence-electron chi connectivity index (χ0n) is 20.1. The number of aldehydes is 1. The molecule has 2 fully saturated rings. The van der Waals surface area contributed by atoms with Gasteiger partial charge in [-0.25, -0.2) is 0 Å². The first kappa shape index (κ1) is 28.7. The number of nitrogens with one attached hydrogen (secondary N) is 1. The van der Waals surface area contributed by atoms with Crippen LogP contribution in [0.5, 0.6) is 0 Å². The van der Waals surface area contributed by atoms with Crippen molar-refractivity contribution in [2.45, 2.75) is 33.6 Å². The van der Waals surface area contributed by atoms with Crippen molar-refractivity contribution in [3.63, 3.8) is 0 Å². The molecule has 2 N–H and O–H groups in total. The maximum Gasteiger partial charge on any atom is 0.317 e. The van der Waals surface area contributed by atoms with E-state index in [9.17, 15) is 24.0 Å². The van der Waals surface area contributed by atoms with E-state index in [2.05, 4.69) is 5.32 Å². The first-order chi connectivity index (χ1) is 15.8. The van der Waals surface area contributed by atoms with Crippen molar-refractivity contribution in [3.8, 4) is 0 Å². The third-order valence-corrected chi connectivity index (χ3v) is 5.74. The lowest BCUT2D eigenvalue weighted by molar-refractivity contribution is -0.140. The number of carboxylic acids is 1. The maximum absolute atomic E-state index is 12.4. The standard InChI is InChI=1S/C20H33N5O6.C2H6/c1-2-16-13-18(28)25(20(16)31)4-3-21-17(27)14-23-7-5-22(11-12-26)6-8-24(10-9-23)15-19(29)30;1-2/h12,16H,2-11,13-15H2,1H3,(H,21,27)(H,29,30);1-2H3. The van der Waals surface area contributed by atoms with Gasteiger partial charge in [-0.15, -0.1) is 0 Å². The smallest absolute Gasteiger partial charge is 0.317 e. The highest BCUT2D eigenvalue weighted by atomic mass is 16.4. The molecule has 1 unspecified atom stereocenters. The molecule has 2 rings (SSSR count). The molecule has 2 heterocycles. The van der Waals surface area contributed by atoms with Crippen molar-refractivity contribution < 1.29 is 29.1 Å². The van der Waals surface area contributed by atoms with E-state index >= 15 is 0 Å². The minimum Gasteiger partial charge on any atom is -0.480 e. The molecule has 3 amide bonds. The Bertz CT molecular complexity index is 674. The van der Waals surface area contributed by atoms with Crippen LogP contribution in [0.15, 0.2) is 0 Å². The number of likely N-dealkylation sites (tertiary alicyclic amines) is 1. The lowest BCUT2D eigenvalue weighted by atomic mass is 10.1. The van der Waals surface area contributed by atoms with Gasteiger partial charge in [0.25, 0.3) is 0 Å². The van der Waals surface area contributed by atoms with Gasteiger partial charge < -0.3 is 15.2 Å². The summed E-state index contributed by atoms with van der Waals surface area (Å²) in [5.74, 6) is -1.76. The van der Waals surface area contributed by atoms with Crippen molar-refractivity contribution in [2.24, 2.45) is 5.92 Å². The maximum atomic E-state index is 12.4. The largest absolute Gasteiger partial charge is 0.480 e. The van der Waals surface area contributed by atoms with Crippen molar-refractivity contribution >= 4 is 30.0 Å². The van der Waals surface area contributed by atoms with Gasteiger partial charge in [-0.05, 0) is 6.42 Å². The lowest BCUT2D eigenvalue weighted by Crippen LogP contribution is -2.45. The third kappa shape index (κ3) is 9.97. The zero-order chi connectivity index (χ0) is 24.8. The SMILES string of the molecule is CC.CCC1CC(=O)N(CCNC(=O)CN2CCN(CC=O)CCN(CC(=O)O)CC2)C1=O. The van der Waals surface area contributed by atoms with E-state index in [4.69, 9.17) is 5.11 Å². The Morgan fingerprint density at radius 2 is 1.55 bits per heavy atom. The van der Waals surface area contributed by atoms with Crippen LogP contribution in [-0.4, -0.2) is 127 Å². The lowest BCUT2D eigenvalue weighted by Gasteiger charge is -2.24. The molecule has 0 radical (unpaired) electrons. The summed E-state index contributed by atoms with van der Waals surface area (Å²) in [5, 5.41) is 11.9. The van der Waals surface area contributed by atoms with Crippen LogP contribution in [0, 0.1) is 5.92 Å². The van der Waals surface area contributed by atoms with Crippen LogP contribution >= 0.6 is 0 Å². The Morgan fingerprint density at radius 3 is 2.03 bits per heavy atom. The molecule has 2 aliphatic heterocycles. The fraction of sp³-hybridized carbons (Fsp3) is 0.773. The molecule has 0 aromatic rings. The molecule has 0 bridgehead atoms. The summed E-state index contributed by atoms with van der Waals surface area (Å²) in [4.78, 5) is 65.4. The fourth-order valence-corrected chi connectivity index (χ4v) is 3.85. The third-order valence-electron chi connectivity index (χ3n) is 5.74. The minimum atomic E-state index is -0.915. The van der Waals surface area contributed by atoms with Crippen molar-refractivity contribution in [1.82, 2.24) is 24.9 Å². The van der Waals surface area contributed by atoms with E-state index in [0.717, 1.165) is 6.29 Å². The molecule has 0 aliphatic carbocycles. The van der Waals surface area contributed by atoms with Crippen LogP contribution in [0.4, 0.5) is 0 Å². The molecule has 0 spiro atoms. The van der Waals surface area contributed by atoms with Gasteiger partial charge in [-0.1, -0.05) is 20.8 Å². The number of hydrogen-bond acceptors (Lipinski definition) is 8. The summed E-state index contributed by atoms with van der Waals surface area (Å²) in [6, 6.07) is 0. The molecule has 33 heavy (non-hydrogen) atoms. The number of rotatable bonds is 10. The highest BCUT2D eigenvalue weighted by Crippen LogP contribution is 2.21. The van der Waals surface area contributed by atoms with Gasteiger partial charge in [0.2, 0.25) is 17.7 Å². The molecule has 1 atom stereocenters. The predicted molar refractivity (Wildman–Crippen MR) is 122 cm³/mol. The Morgan fingerprint density at radius 1 is 1.00 bits per heavy atom. The topological polar surface area (TPSA) is 131 Å². The number of amides is 3. The quantitative estimate of drug-likeness (QED) is 0.309. The number of aliphatic carboxylic acids is 1. The van der Waals surface area contributed by atoms with Gasteiger partial charge in [0.05, 0.1) is 19.6 Å². The number of carbonyl (C=O) groups excluding carboxylic acids is 4.